The zero-order valence-electron chi connectivity index (χ0n) is 13.1. The predicted molar refractivity (Wildman–Crippen MR) is 91.8 cm³/mol. The number of aryl methyl sites for hydroxylation is 1. The highest BCUT2D eigenvalue weighted by molar-refractivity contribution is 6.03. The summed E-state index contributed by atoms with van der Waals surface area (Å²) in [6.45, 7) is 1.93. The largest absolute Gasteiger partial charge is 0.326 e. The van der Waals surface area contributed by atoms with Crippen LogP contribution in [-0.2, 0) is 9.59 Å². The van der Waals surface area contributed by atoms with Gasteiger partial charge in [0, 0.05) is 5.69 Å². The first-order valence-electron chi connectivity index (χ1n) is 7.77. The van der Waals surface area contributed by atoms with Gasteiger partial charge >= 0.3 is 0 Å². The second-order valence-electron chi connectivity index (χ2n) is 5.87. The molecular formula is C18H16N4O2. The number of carbonyl (C=O) groups is 2. The molecule has 2 amide bonds. The molecule has 1 atom stereocenters. The van der Waals surface area contributed by atoms with E-state index in [0.717, 1.165) is 22.3 Å². The average Bonchev–Trinajstić information content (AvgIpc) is 3.06. The first-order valence-corrected chi connectivity index (χ1v) is 7.77. The molecule has 6 heteroatoms. The normalized spacial score (nSPS) is 16.0. The molecule has 0 aliphatic carbocycles. The number of nitrogens with zero attached hydrogens (tertiary/aromatic N) is 2. The van der Waals surface area contributed by atoms with Gasteiger partial charge < -0.3 is 5.32 Å². The van der Waals surface area contributed by atoms with Crippen LogP contribution in [0.25, 0.3) is 11.0 Å². The third kappa shape index (κ3) is 2.32. The molecule has 2 heterocycles. The maximum Gasteiger partial charge on any atom is 0.250 e. The summed E-state index contributed by atoms with van der Waals surface area (Å²) in [6.07, 6.45) is 0.0630. The molecule has 0 spiro atoms. The molecular weight excluding hydrogens is 304 g/mol. The third-order valence-corrected chi connectivity index (χ3v) is 4.24. The average molecular weight is 320 g/mol. The standard InChI is InChI=1S/C18H16N4O2/c1-11-6-2-3-7-12(11)19-16(23)10-15-17(24)21-18-20-13-8-4-5-9-14(13)22(15)18/h2-9,15H,10H2,1H3,(H,19,23)(H,20,21,24)/t15-/m0/s1. The van der Waals surface area contributed by atoms with Gasteiger partial charge in [0.1, 0.15) is 6.04 Å². The highest BCUT2D eigenvalue weighted by Crippen LogP contribution is 2.32. The van der Waals surface area contributed by atoms with E-state index in [0.29, 0.717) is 5.95 Å². The van der Waals surface area contributed by atoms with Gasteiger partial charge in [-0.2, -0.15) is 0 Å². The van der Waals surface area contributed by atoms with E-state index in [4.69, 9.17) is 0 Å². The van der Waals surface area contributed by atoms with Crippen LogP contribution < -0.4 is 10.6 Å². The first-order chi connectivity index (χ1) is 11.6. The molecule has 0 unspecified atom stereocenters. The molecule has 3 aromatic rings. The fourth-order valence-corrected chi connectivity index (χ4v) is 3.03. The van der Waals surface area contributed by atoms with E-state index in [-0.39, 0.29) is 18.2 Å². The van der Waals surface area contributed by atoms with Crippen molar-refractivity contribution in [2.24, 2.45) is 0 Å². The molecule has 1 aliphatic rings. The zero-order valence-corrected chi connectivity index (χ0v) is 13.1. The summed E-state index contributed by atoms with van der Waals surface area (Å²) in [6, 6.07) is 14.6. The van der Waals surface area contributed by atoms with Crippen LogP contribution in [0.1, 0.15) is 18.0 Å². The zero-order chi connectivity index (χ0) is 16.7. The highest BCUT2D eigenvalue weighted by atomic mass is 16.2. The van der Waals surface area contributed by atoms with Crippen molar-refractivity contribution in [3.63, 3.8) is 0 Å². The van der Waals surface area contributed by atoms with Gasteiger partial charge in [-0.25, -0.2) is 4.98 Å². The van der Waals surface area contributed by atoms with Crippen molar-refractivity contribution in [1.82, 2.24) is 9.55 Å². The van der Waals surface area contributed by atoms with Gasteiger partial charge in [-0.05, 0) is 30.7 Å². The molecule has 0 bridgehead atoms. The fraction of sp³-hybridized carbons (Fsp3) is 0.167. The Morgan fingerprint density at radius 1 is 1.21 bits per heavy atom. The lowest BCUT2D eigenvalue weighted by atomic mass is 10.1. The van der Waals surface area contributed by atoms with Crippen molar-refractivity contribution in [2.45, 2.75) is 19.4 Å². The van der Waals surface area contributed by atoms with Crippen molar-refractivity contribution in [2.75, 3.05) is 10.6 Å². The number of aromatic nitrogens is 2. The Morgan fingerprint density at radius 3 is 2.79 bits per heavy atom. The summed E-state index contributed by atoms with van der Waals surface area (Å²) < 4.78 is 1.80. The van der Waals surface area contributed by atoms with E-state index >= 15 is 0 Å². The number of para-hydroxylation sites is 3. The van der Waals surface area contributed by atoms with Crippen molar-refractivity contribution >= 4 is 34.5 Å². The van der Waals surface area contributed by atoms with Crippen LogP contribution in [0.15, 0.2) is 48.5 Å². The van der Waals surface area contributed by atoms with Gasteiger partial charge in [-0.15, -0.1) is 0 Å². The van der Waals surface area contributed by atoms with Crippen molar-refractivity contribution in [1.29, 1.82) is 0 Å². The molecule has 1 aromatic heterocycles. The minimum Gasteiger partial charge on any atom is -0.326 e. The number of benzene rings is 2. The quantitative estimate of drug-likeness (QED) is 0.779. The number of hydrogen-bond acceptors (Lipinski definition) is 3. The van der Waals surface area contributed by atoms with Gasteiger partial charge in [0.05, 0.1) is 17.5 Å². The number of anilines is 2. The molecule has 2 N–H and O–H groups in total. The van der Waals surface area contributed by atoms with Gasteiger partial charge in [0.15, 0.2) is 0 Å². The minimum absolute atomic E-state index is 0.0630. The monoisotopic (exact) mass is 320 g/mol. The second-order valence-corrected chi connectivity index (χ2v) is 5.87. The topological polar surface area (TPSA) is 76.0 Å². The number of imidazole rings is 1. The van der Waals surface area contributed by atoms with Crippen LogP contribution >= 0.6 is 0 Å². The Hall–Kier alpha value is -3.15. The summed E-state index contributed by atoms with van der Waals surface area (Å²) in [5, 5.41) is 5.63. The van der Waals surface area contributed by atoms with E-state index < -0.39 is 6.04 Å². The molecule has 6 nitrogen and oxygen atoms in total. The van der Waals surface area contributed by atoms with Crippen molar-refractivity contribution in [3.8, 4) is 0 Å². The summed E-state index contributed by atoms with van der Waals surface area (Å²) in [5.74, 6) is 0.0909. The summed E-state index contributed by atoms with van der Waals surface area (Å²) >= 11 is 0. The molecule has 0 saturated heterocycles. The molecule has 4 rings (SSSR count). The van der Waals surface area contributed by atoms with Crippen LogP contribution in [-0.4, -0.2) is 21.4 Å². The third-order valence-electron chi connectivity index (χ3n) is 4.24. The van der Waals surface area contributed by atoms with Gasteiger partial charge in [0.2, 0.25) is 17.8 Å². The Bertz CT molecular complexity index is 961. The lowest BCUT2D eigenvalue weighted by Gasteiger charge is -2.13. The Labute approximate surface area is 138 Å². The van der Waals surface area contributed by atoms with E-state index in [1.165, 1.54) is 0 Å². The Balaban J connectivity index is 1.60. The summed E-state index contributed by atoms with van der Waals surface area (Å²) in [4.78, 5) is 29.0. The van der Waals surface area contributed by atoms with E-state index in [1.54, 1.807) is 4.57 Å². The Morgan fingerprint density at radius 2 is 1.96 bits per heavy atom. The summed E-state index contributed by atoms with van der Waals surface area (Å²) in [5.41, 5.74) is 3.39. The molecule has 2 aromatic carbocycles. The number of nitrogens with one attached hydrogen (secondary N) is 2. The first kappa shape index (κ1) is 14.4. The molecule has 120 valence electrons. The lowest BCUT2D eigenvalue weighted by molar-refractivity contribution is -0.123. The van der Waals surface area contributed by atoms with Gasteiger partial charge in [-0.1, -0.05) is 30.3 Å². The Kier molecular flexibility index (Phi) is 3.30. The SMILES string of the molecule is Cc1ccccc1NC(=O)C[C@H]1C(=O)Nc2nc3ccccc3n21. The van der Waals surface area contributed by atoms with E-state index in [9.17, 15) is 9.59 Å². The number of rotatable bonds is 3. The van der Waals surface area contributed by atoms with Crippen molar-refractivity contribution < 1.29 is 9.59 Å². The number of hydrogen-bond donors (Lipinski definition) is 2. The maximum atomic E-state index is 12.4. The van der Waals surface area contributed by atoms with Crippen LogP contribution in [0.2, 0.25) is 0 Å². The minimum atomic E-state index is -0.587. The fourth-order valence-electron chi connectivity index (χ4n) is 3.03. The number of carbonyl (C=O) groups excluding carboxylic acids is 2. The highest BCUT2D eigenvalue weighted by Gasteiger charge is 2.34. The van der Waals surface area contributed by atoms with Crippen LogP contribution in [0.4, 0.5) is 11.6 Å². The number of amides is 2. The smallest absolute Gasteiger partial charge is 0.250 e. The molecule has 0 radical (unpaired) electrons. The van der Waals surface area contributed by atoms with Crippen LogP contribution in [0, 0.1) is 6.92 Å². The number of fused-ring (bicyclic) bond motifs is 3. The molecule has 0 fully saturated rings. The molecule has 0 saturated carbocycles. The molecule has 1 aliphatic heterocycles. The van der Waals surface area contributed by atoms with Crippen LogP contribution in [0.3, 0.4) is 0 Å². The van der Waals surface area contributed by atoms with E-state index in [2.05, 4.69) is 15.6 Å². The van der Waals surface area contributed by atoms with Gasteiger partial charge in [0.25, 0.3) is 0 Å². The van der Waals surface area contributed by atoms with Crippen molar-refractivity contribution in [3.05, 3.63) is 54.1 Å². The van der Waals surface area contributed by atoms with Gasteiger partial charge in [-0.3, -0.25) is 19.5 Å². The lowest BCUT2D eigenvalue weighted by Crippen LogP contribution is -2.23. The summed E-state index contributed by atoms with van der Waals surface area (Å²) in [7, 11) is 0. The second kappa shape index (κ2) is 5.49. The van der Waals surface area contributed by atoms with E-state index in [1.807, 2.05) is 55.5 Å². The van der Waals surface area contributed by atoms with Crippen LogP contribution in [0.5, 0.6) is 0 Å². The molecule has 24 heavy (non-hydrogen) atoms. The maximum absolute atomic E-state index is 12.4. The predicted octanol–water partition coefficient (Wildman–Crippen LogP) is 2.87.